The van der Waals surface area contributed by atoms with E-state index in [0.717, 1.165) is 0 Å². The van der Waals surface area contributed by atoms with Gasteiger partial charge in [-0.1, -0.05) is 25.3 Å². The molecule has 3 aliphatic rings. The van der Waals surface area contributed by atoms with Gasteiger partial charge in [-0.3, -0.25) is 24.1 Å². The molecule has 0 radical (unpaired) electrons. The third kappa shape index (κ3) is 7.05. The van der Waals surface area contributed by atoms with Crippen molar-refractivity contribution in [2.24, 2.45) is 0 Å². The number of unbranched alkanes of at least 4 members (excludes halogenated alkanes) is 4. The molecule has 1 atom stereocenters. The number of phenolic OH excluding ortho intramolecular Hbond substituents is 2. The maximum atomic E-state index is 13.4. The lowest BCUT2D eigenvalue weighted by Gasteiger charge is -2.36. The average molecular weight is 697 g/mol. The molecule has 0 bridgehead atoms. The van der Waals surface area contributed by atoms with Crippen molar-refractivity contribution in [2.45, 2.75) is 69.4 Å². The maximum Gasteiger partial charge on any atom is 0.340 e. The smallest absolute Gasteiger partial charge is 0.340 e. The number of ketones is 1. The standard InChI is InChI=1S/C38H36N2O11/c41-23(8-4-2-6-18-40-33(44)16-17-34(40)45)7-3-1-5-9-30(36(47)48)39-35(46)22-10-13-27-26(19-22)37(49)51-38(27)28-14-11-24(42)20-31(28)50-32-21-25(43)12-15-29(32)38/h10-17,19-21,30,42-43H,1-9,18H2,(H,39,46)(H,47,48). The van der Waals surface area contributed by atoms with E-state index in [1.165, 1.54) is 53.5 Å². The van der Waals surface area contributed by atoms with Gasteiger partial charge in [0, 0.05) is 65.9 Å². The Morgan fingerprint density at radius 1 is 0.745 bits per heavy atom. The summed E-state index contributed by atoms with van der Waals surface area (Å²) in [5.74, 6) is -2.91. The first-order chi connectivity index (χ1) is 24.5. The molecule has 51 heavy (non-hydrogen) atoms. The number of carbonyl (C=O) groups excluding carboxylic acids is 5. The molecule has 3 heterocycles. The molecule has 3 aromatic carbocycles. The summed E-state index contributed by atoms with van der Waals surface area (Å²) in [5.41, 5.74) is -0.0848. The Morgan fingerprint density at radius 3 is 1.94 bits per heavy atom. The summed E-state index contributed by atoms with van der Waals surface area (Å²) >= 11 is 0. The number of amides is 3. The van der Waals surface area contributed by atoms with Gasteiger partial charge >= 0.3 is 11.9 Å². The number of carboxylic acids is 1. The number of nitrogens with one attached hydrogen (secondary N) is 1. The number of Topliss-reactive ketones (excluding diaryl/α,β-unsaturated/α-hetero) is 1. The Bertz CT molecular complexity index is 1900. The molecule has 13 heteroatoms. The molecule has 0 saturated carbocycles. The van der Waals surface area contributed by atoms with Crippen LogP contribution in [0, 0.1) is 0 Å². The predicted molar refractivity (Wildman–Crippen MR) is 179 cm³/mol. The van der Waals surface area contributed by atoms with Gasteiger partial charge in [0.2, 0.25) is 0 Å². The molecule has 4 N–H and O–H groups in total. The molecule has 3 aromatic rings. The lowest BCUT2D eigenvalue weighted by molar-refractivity contribution is -0.139. The number of ether oxygens (including phenoxy) is 2. The van der Waals surface area contributed by atoms with Crippen molar-refractivity contribution in [3.63, 3.8) is 0 Å². The van der Waals surface area contributed by atoms with Crippen LogP contribution in [0.1, 0.15) is 95.2 Å². The number of benzene rings is 3. The van der Waals surface area contributed by atoms with Gasteiger partial charge in [-0.05, 0) is 62.1 Å². The Morgan fingerprint density at radius 2 is 1.33 bits per heavy atom. The Balaban J connectivity index is 1.03. The van der Waals surface area contributed by atoms with Gasteiger partial charge < -0.3 is 30.1 Å². The van der Waals surface area contributed by atoms with Crippen LogP contribution < -0.4 is 10.1 Å². The fourth-order valence-corrected chi connectivity index (χ4v) is 6.74. The van der Waals surface area contributed by atoms with Crippen molar-refractivity contribution in [2.75, 3.05) is 6.54 Å². The van der Waals surface area contributed by atoms with Crippen molar-refractivity contribution >= 4 is 35.4 Å². The van der Waals surface area contributed by atoms with Crippen molar-refractivity contribution in [3.05, 3.63) is 94.6 Å². The second-order valence-electron chi connectivity index (χ2n) is 12.8. The summed E-state index contributed by atoms with van der Waals surface area (Å²) in [6, 6.07) is 11.9. The summed E-state index contributed by atoms with van der Waals surface area (Å²) in [6.45, 7) is 0.333. The van der Waals surface area contributed by atoms with Crippen LogP contribution >= 0.6 is 0 Å². The molecule has 1 spiro atoms. The largest absolute Gasteiger partial charge is 0.508 e. The lowest BCUT2D eigenvalue weighted by atomic mass is 9.77. The number of aliphatic carboxylic acids is 1. The fourth-order valence-electron chi connectivity index (χ4n) is 6.74. The fraction of sp³-hybridized carbons (Fsp3) is 0.316. The highest BCUT2D eigenvalue weighted by Crippen LogP contribution is 2.57. The molecule has 3 aliphatic heterocycles. The summed E-state index contributed by atoms with van der Waals surface area (Å²) < 4.78 is 12.0. The zero-order valence-corrected chi connectivity index (χ0v) is 27.6. The number of aromatic hydroxyl groups is 2. The number of esters is 1. The first-order valence-corrected chi connectivity index (χ1v) is 16.8. The molecule has 0 fully saturated rings. The van der Waals surface area contributed by atoms with Crippen molar-refractivity contribution < 1.29 is 53.6 Å². The van der Waals surface area contributed by atoms with E-state index in [1.807, 2.05) is 0 Å². The van der Waals surface area contributed by atoms with E-state index in [2.05, 4.69) is 5.32 Å². The zero-order valence-electron chi connectivity index (χ0n) is 27.6. The van der Waals surface area contributed by atoms with Gasteiger partial charge in [-0.2, -0.15) is 0 Å². The zero-order chi connectivity index (χ0) is 36.3. The Labute approximate surface area is 292 Å². The SMILES string of the molecule is O=C(CCCCCC(NC(=O)c1ccc2c(c1)C(=O)OC21c2ccc(O)cc2Oc2cc(O)ccc21)C(=O)O)CCCCCN1C(=O)C=CC1=O. The van der Waals surface area contributed by atoms with E-state index in [0.29, 0.717) is 74.6 Å². The maximum absolute atomic E-state index is 13.4. The molecule has 0 aliphatic carbocycles. The minimum atomic E-state index is -1.49. The minimum Gasteiger partial charge on any atom is -0.508 e. The highest BCUT2D eigenvalue weighted by atomic mass is 16.6. The number of hydrogen-bond acceptors (Lipinski definition) is 10. The summed E-state index contributed by atoms with van der Waals surface area (Å²) in [7, 11) is 0. The average Bonchev–Trinajstić information content (AvgIpc) is 3.57. The molecule has 6 rings (SSSR count). The van der Waals surface area contributed by atoms with Crippen molar-refractivity contribution in [1.29, 1.82) is 0 Å². The van der Waals surface area contributed by atoms with E-state index < -0.39 is 29.5 Å². The predicted octanol–water partition coefficient (Wildman–Crippen LogP) is 4.85. The van der Waals surface area contributed by atoms with Crippen LogP contribution in [0.3, 0.4) is 0 Å². The molecule has 3 amide bonds. The highest BCUT2D eigenvalue weighted by Gasteiger charge is 2.53. The van der Waals surface area contributed by atoms with E-state index in [9.17, 15) is 44.1 Å². The lowest BCUT2D eigenvalue weighted by Crippen LogP contribution is -2.40. The van der Waals surface area contributed by atoms with Crippen LogP contribution in [0.4, 0.5) is 0 Å². The minimum absolute atomic E-state index is 0.0545. The number of nitrogens with zero attached hydrogens (tertiary/aromatic N) is 1. The van der Waals surface area contributed by atoms with Crippen LogP contribution in [0.25, 0.3) is 0 Å². The van der Waals surface area contributed by atoms with Crippen LogP contribution in [0.2, 0.25) is 0 Å². The van der Waals surface area contributed by atoms with Gasteiger partial charge in [0.25, 0.3) is 17.7 Å². The normalized spacial score (nSPS) is 15.5. The quantitative estimate of drug-likeness (QED) is 0.0963. The van der Waals surface area contributed by atoms with Crippen LogP contribution in [0.15, 0.2) is 66.7 Å². The number of carboxylic acid groups (broad SMARTS) is 1. The molecule has 0 aromatic heterocycles. The van der Waals surface area contributed by atoms with Crippen LogP contribution in [-0.2, 0) is 29.5 Å². The number of rotatable bonds is 15. The molecule has 264 valence electrons. The van der Waals surface area contributed by atoms with Crippen LogP contribution in [-0.4, -0.2) is 68.2 Å². The van der Waals surface area contributed by atoms with E-state index in [4.69, 9.17) is 9.47 Å². The second kappa shape index (κ2) is 14.5. The summed E-state index contributed by atoms with van der Waals surface area (Å²) in [5, 5.41) is 32.6. The summed E-state index contributed by atoms with van der Waals surface area (Å²) in [6.07, 6.45) is 7.00. The molecule has 13 nitrogen and oxygen atoms in total. The van der Waals surface area contributed by atoms with Crippen molar-refractivity contribution in [3.8, 4) is 23.0 Å². The monoisotopic (exact) mass is 696 g/mol. The molecular formula is C38H36N2O11. The first-order valence-electron chi connectivity index (χ1n) is 16.8. The molecule has 0 saturated heterocycles. The number of imide groups is 1. The first kappa shape index (κ1) is 34.9. The van der Waals surface area contributed by atoms with Crippen LogP contribution in [0.5, 0.6) is 23.0 Å². The third-order valence-corrected chi connectivity index (χ3v) is 9.33. The Kier molecular flexibility index (Phi) is 9.90. The molecular weight excluding hydrogens is 660 g/mol. The number of phenols is 2. The topological polar surface area (TPSA) is 197 Å². The third-order valence-electron chi connectivity index (χ3n) is 9.33. The van der Waals surface area contributed by atoms with E-state index in [1.54, 1.807) is 18.2 Å². The summed E-state index contributed by atoms with van der Waals surface area (Å²) in [4.78, 5) is 75.3. The van der Waals surface area contributed by atoms with Gasteiger partial charge in [0.1, 0.15) is 34.8 Å². The number of carbonyl (C=O) groups is 6. The van der Waals surface area contributed by atoms with Gasteiger partial charge in [-0.15, -0.1) is 0 Å². The van der Waals surface area contributed by atoms with Gasteiger partial charge in [0.05, 0.1) is 5.56 Å². The molecule has 1 unspecified atom stereocenters. The Hall–Kier alpha value is -5.98. The number of hydrogen-bond donors (Lipinski definition) is 4. The van der Waals surface area contributed by atoms with Gasteiger partial charge in [0.15, 0.2) is 5.60 Å². The van der Waals surface area contributed by atoms with E-state index in [-0.39, 0.29) is 58.1 Å². The van der Waals surface area contributed by atoms with Gasteiger partial charge in [-0.25, -0.2) is 9.59 Å². The highest BCUT2D eigenvalue weighted by molar-refractivity contribution is 6.12. The van der Waals surface area contributed by atoms with Crippen molar-refractivity contribution in [1.82, 2.24) is 10.2 Å². The second-order valence-corrected chi connectivity index (χ2v) is 12.8. The number of fused-ring (bicyclic) bond motifs is 6. The van der Waals surface area contributed by atoms with E-state index >= 15 is 0 Å².